The summed E-state index contributed by atoms with van der Waals surface area (Å²) in [4.78, 5) is 0. The average Bonchev–Trinajstić information content (AvgIpc) is 2.37. The first-order valence-electron chi connectivity index (χ1n) is 5.50. The first kappa shape index (κ1) is 13.3. The Balaban J connectivity index is 2.53. The van der Waals surface area contributed by atoms with Crippen LogP contribution < -0.4 is 5.32 Å². The van der Waals surface area contributed by atoms with Crippen LogP contribution in [0.2, 0.25) is 10.0 Å². The second kappa shape index (κ2) is 5.70. The maximum absolute atomic E-state index is 13.5. The van der Waals surface area contributed by atoms with Crippen molar-refractivity contribution >= 4 is 23.2 Å². The summed E-state index contributed by atoms with van der Waals surface area (Å²) in [7, 11) is 1.79. The zero-order valence-electron chi connectivity index (χ0n) is 9.75. The molecule has 1 unspecified atom stereocenters. The molecular weight excluding hydrogens is 272 g/mol. The molecule has 2 aromatic rings. The summed E-state index contributed by atoms with van der Waals surface area (Å²) in [6.45, 7) is 0. The minimum absolute atomic E-state index is 0.122. The third kappa shape index (κ3) is 2.51. The van der Waals surface area contributed by atoms with Gasteiger partial charge in [-0.2, -0.15) is 0 Å². The monoisotopic (exact) mass is 283 g/mol. The van der Waals surface area contributed by atoms with E-state index < -0.39 is 5.82 Å². The average molecular weight is 284 g/mol. The van der Waals surface area contributed by atoms with Crippen molar-refractivity contribution in [3.63, 3.8) is 0 Å². The molecule has 1 nitrogen and oxygen atoms in total. The van der Waals surface area contributed by atoms with Gasteiger partial charge in [0.2, 0.25) is 0 Å². The van der Waals surface area contributed by atoms with Crippen LogP contribution in [0.15, 0.2) is 42.5 Å². The standard InChI is InChI=1S/C14H12Cl2FN/c1-18-14(9-5-2-3-7-11(9)15)10-6-4-8-12(17)13(10)16/h2-8,14,18H,1H3. The largest absolute Gasteiger partial charge is 0.309 e. The normalized spacial score (nSPS) is 12.4. The molecule has 2 rings (SSSR count). The highest BCUT2D eigenvalue weighted by Gasteiger charge is 2.19. The SMILES string of the molecule is CNC(c1ccccc1Cl)c1cccc(F)c1Cl. The first-order valence-corrected chi connectivity index (χ1v) is 6.26. The van der Waals surface area contributed by atoms with Gasteiger partial charge >= 0.3 is 0 Å². The Labute approximate surface area is 116 Å². The van der Waals surface area contributed by atoms with Crippen LogP contribution in [0, 0.1) is 5.82 Å². The van der Waals surface area contributed by atoms with Crippen molar-refractivity contribution in [3.8, 4) is 0 Å². The smallest absolute Gasteiger partial charge is 0.142 e. The molecule has 0 heterocycles. The van der Waals surface area contributed by atoms with Crippen LogP contribution in [0.4, 0.5) is 4.39 Å². The lowest BCUT2D eigenvalue weighted by atomic mass is 9.98. The van der Waals surface area contributed by atoms with Crippen LogP contribution in [0.3, 0.4) is 0 Å². The summed E-state index contributed by atoms with van der Waals surface area (Å²) in [5.41, 5.74) is 1.54. The summed E-state index contributed by atoms with van der Waals surface area (Å²) in [6, 6.07) is 12.0. The van der Waals surface area contributed by atoms with Crippen molar-refractivity contribution in [1.29, 1.82) is 0 Å². The van der Waals surface area contributed by atoms with Gasteiger partial charge in [-0.1, -0.05) is 53.5 Å². The van der Waals surface area contributed by atoms with Gasteiger partial charge in [-0.05, 0) is 30.3 Å². The predicted octanol–water partition coefficient (Wildman–Crippen LogP) is 4.44. The fourth-order valence-electron chi connectivity index (χ4n) is 1.93. The van der Waals surface area contributed by atoms with Gasteiger partial charge in [-0.3, -0.25) is 0 Å². The Hall–Kier alpha value is -1.09. The lowest BCUT2D eigenvalue weighted by Gasteiger charge is -2.19. The second-order valence-electron chi connectivity index (χ2n) is 3.89. The Kier molecular flexibility index (Phi) is 4.23. The van der Waals surface area contributed by atoms with Gasteiger partial charge < -0.3 is 5.32 Å². The van der Waals surface area contributed by atoms with Gasteiger partial charge in [-0.25, -0.2) is 4.39 Å². The minimum Gasteiger partial charge on any atom is -0.309 e. The lowest BCUT2D eigenvalue weighted by Crippen LogP contribution is -2.18. The van der Waals surface area contributed by atoms with Crippen LogP contribution in [-0.2, 0) is 0 Å². The molecule has 0 aromatic heterocycles. The van der Waals surface area contributed by atoms with E-state index in [-0.39, 0.29) is 11.1 Å². The van der Waals surface area contributed by atoms with Crippen molar-refractivity contribution in [2.45, 2.75) is 6.04 Å². The third-order valence-electron chi connectivity index (χ3n) is 2.80. The highest BCUT2D eigenvalue weighted by Crippen LogP contribution is 2.32. The Bertz CT molecular complexity index is 557. The molecule has 0 aliphatic carbocycles. The molecule has 0 aliphatic heterocycles. The highest BCUT2D eigenvalue weighted by atomic mass is 35.5. The lowest BCUT2D eigenvalue weighted by molar-refractivity contribution is 0.617. The molecule has 1 atom stereocenters. The number of halogens is 3. The molecule has 2 aromatic carbocycles. The quantitative estimate of drug-likeness (QED) is 0.878. The Morgan fingerprint density at radius 1 is 1.00 bits per heavy atom. The molecule has 0 aliphatic rings. The van der Waals surface area contributed by atoms with E-state index in [1.807, 2.05) is 18.2 Å². The van der Waals surface area contributed by atoms with Gasteiger partial charge in [0.25, 0.3) is 0 Å². The van der Waals surface area contributed by atoms with Crippen LogP contribution in [0.1, 0.15) is 17.2 Å². The fourth-order valence-corrected chi connectivity index (χ4v) is 2.41. The zero-order chi connectivity index (χ0) is 13.1. The van der Waals surface area contributed by atoms with Crippen molar-refractivity contribution in [2.75, 3.05) is 7.05 Å². The second-order valence-corrected chi connectivity index (χ2v) is 4.67. The summed E-state index contributed by atoms with van der Waals surface area (Å²) < 4.78 is 13.5. The van der Waals surface area contributed by atoms with Crippen molar-refractivity contribution in [3.05, 3.63) is 69.5 Å². The van der Waals surface area contributed by atoms with Gasteiger partial charge in [-0.15, -0.1) is 0 Å². The fraction of sp³-hybridized carbons (Fsp3) is 0.143. The van der Waals surface area contributed by atoms with E-state index in [1.165, 1.54) is 6.07 Å². The van der Waals surface area contributed by atoms with E-state index >= 15 is 0 Å². The van der Waals surface area contributed by atoms with E-state index in [0.29, 0.717) is 10.6 Å². The van der Waals surface area contributed by atoms with Crippen LogP contribution in [0.5, 0.6) is 0 Å². The molecule has 4 heteroatoms. The predicted molar refractivity (Wildman–Crippen MR) is 73.8 cm³/mol. The number of nitrogens with one attached hydrogen (secondary N) is 1. The summed E-state index contributed by atoms with van der Waals surface area (Å²) in [5, 5.41) is 3.85. The van der Waals surface area contributed by atoms with Gasteiger partial charge in [0.1, 0.15) is 5.82 Å². The third-order valence-corrected chi connectivity index (χ3v) is 3.54. The molecular formula is C14H12Cl2FN. The van der Waals surface area contributed by atoms with E-state index in [1.54, 1.807) is 25.2 Å². The zero-order valence-corrected chi connectivity index (χ0v) is 11.3. The first-order chi connectivity index (χ1) is 8.65. The summed E-state index contributed by atoms with van der Waals surface area (Å²) in [6.07, 6.45) is 0. The molecule has 0 bridgehead atoms. The highest BCUT2D eigenvalue weighted by molar-refractivity contribution is 6.32. The van der Waals surface area contributed by atoms with Crippen molar-refractivity contribution < 1.29 is 4.39 Å². The molecule has 94 valence electrons. The topological polar surface area (TPSA) is 12.0 Å². The number of hydrogen-bond donors (Lipinski definition) is 1. The molecule has 1 N–H and O–H groups in total. The van der Waals surface area contributed by atoms with E-state index in [9.17, 15) is 4.39 Å². The van der Waals surface area contributed by atoms with E-state index in [4.69, 9.17) is 23.2 Å². The maximum Gasteiger partial charge on any atom is 0.142 e. The van der Waals surface area contributed by atoms with Crippen molar-refractivity contribution in [2.24, 2.45) is 0 Å². The van der Waals surface area contributed by atoms with Gasteiger partial charge in [0, 0.05) is 5.02 Å². The number of hydrogen-bond acceptors (Lipinski definition) is 1. The van der Waals surface area contributed by atoms with Crippen molar-refractivity contribution in [1.82, 2.24) is 5.32 Å². The maximum atomic E-state index is 13.5. The Morgan fingerprint density at radius 2 is 1.67 bits per heavy atom. The summed E-state index contributed by atoms with van der Waals surface area (Å²) in [5.74, 6) is -0.429. The molecule has 0 saturated carbocycles. The molecule has 0 spiro atoms. The molecule has 18 heavy (non-hydrogen) atoms. The van der Waals surface area contributed by atoms with Crippen LogP contribution in [-0.4, -0.2) is 7.05 Å². The molecule has 0 fully saturated rings. The molecule has 0 saturated heterocycles. The number of rotatable bonds is 3. The minimum atomic E-state index is -0.429. The van der Waals surface area contributed by atoms with Gasteiger partial charge in [0.05, 0.1) is 11.1 Å². The Morgan fingerprint density at radius 3 is 2.33 bits per heavy atom. The molecule has 0 amide bonds. The summed E-state index contributed by atoms with van der Waals surface area (Å²) >= 11 is 12.2. The van der Waals surface area contributed by atoms with Crippen LogP contribution >= 0.6 is 23.2 Å². The number of benzene rings is 2. The van der Waals surface area contributed by atoms with E-state index in [0.717, 1.165) is 5.56 Å². The van der Waals surface area contributed by atoms with Crippen LogP contribution in [0.25, 0.3) is 0 Å². The molecule has 0 radical (unpaired) electrons. The van der Waals surface area contributed by atoms with Gasteiger partial charge in [0.15, 0.2) is 0 Å². The van der Waals surface area contributed by atoms with E-state index in [2.05, 4.69) is 5.32 Å².